The van der Waals surface area contributed by atoms with Crippen LogP contribution in [0.25, 0.3) is 0 Å². The summed E-state index contributed by atoms with van der Waals surface area (Å²) in [4.78, 5) is 1.36. The maximum Gasteiger partial charge on any atom is 0.0637 e. The highest BCUT2D eigenvalue weighted by molar-refractivity contribution is 7.10. The number of nitrogens with one attached hydrogen (secondary N) is 1. The second-order valence-electron chi connectivity index (χ2n) is 3.86. The minimum atomic E-state index is 0.778. The van der Waals surface area contributed by atoms with Gasteiger partial charge >= 0.3 is 0 Å². The molecule has 16 heavy (non-hydrogen) atoms. The van der Waals surface area contributed by atoms with E-state index in [4.69, 9.17) is 11.6 Å². The van der Waals surface area contributed by atoms with Gasteiger partial charge in [-0.25, -0.2) is 0 Å². The van der Waals surface area contributed by atoms with Crippen molar-refractivity contribution in [3.63, 3.8) is 0 Å². The van der Waals surface area contributed by atoms with Crippen LogP contribution in [0.2, 0.25) is 5.02 Å². The Bertz CT molecular complexity index is 490. The number of aryl methyl sites for hydroxylation is 2. The van der Waals surface area contributed by atoms with Crippen molar-refractivity contribution in [2.24, 2.45) is 0 Å². The van der Waals surface area contributed by atoms with Crippen LogP contribution in [0.3, 0.4) is 0 Å². The highest BCUT2D eigenvalue weighted by Crippen LogP contribution is 2.24. The summed E-state index contributed by atoms with van der Waals surface area (Å²) in [6, 6.07) is 8.16. The molecule has 1 aromatic heterocycles. The van der Waals surface area contributed by atoms with E-state index in [-0.39, 0.29) is 0 Å². The first-order valence-electron chi connectivity index (χ1n) is 5.20. The average molecular weight is 252 g/mol. The summed E-state index contributed by atoms with van der Waals surface area (Å²) in [5.41, 5.74) is 3.56. The molecule has 0 unspecified atom stereocenters. The first-order valence-corrected chi connectivity index (χ1v) is 6.45. The molecule has 2 aromatic rings. The minimum Gasteiger partial charge on any atom is -0.379 e. The van der Waals surface area contributed by atoms with Crippen LogP contribution in [-0.2, 0) is 6.54 Å². The molecule has 84 valence electrons. The van der Waals surface area contributed by atoms with Crippen molar-refractivity contribution in [3.8, 4) is 0 Å². The molecule has 0 aliphatic heterocycles. The van der Waals surface area contributed by atoms with Gasteiger partial charge in [0, 0.05) is 11.4 Å². The lowest BCUT2D eigenvalue weighted by atomic mass is 10.2. The molecule has 1 N–H and O–H groups in total. The summed E-state index contributed by atoms with van der Waals surface area (Å²) in [5.74, 6) is 0. The third-order valence-corrected chi connectivity index (χ3v) is 3.88. The summed E-state index contributed by atoms with van der Waals surface area (Å²) in [7, 11) is 0. The molecule has 0 saturated heterocycles. The van der Waals surface area contributed by atoms with Gasteiger partial charge in [0.05, 0.1) is 10.7 Å². The molecule has 0 bridgehead atoms. The van der Waals surface area contributed by atoms with Gasteiger partial charge in [0.15, 0.2) is 0 Å². The lowest BCUT2D eigenvalue weighted by Gasteiger charge is -2.08. The van der Waals surface area contributed by atoms with Crippen LogP contribution in [-0.4, -0.2) is 0 Å². The van der Waals surface area contributed by atoms with Crippen molar-refractivity contribution in [3.05, 3.63) is 50.7 Å². The summed E-state index contributed by atoms with van der Waals surface area (Å²) >= 11 is 7.89. The lowest BCUT2D eigenvalue weighted by Crippen LogP contribution is -1.99. The molecule has 1 heterocycles. The summed E-state index contributed by atoms with van der Waals surface area (Å²) in [6.07, 6.45) is 0. The molecule has 0 aliphatic carbocycles. The van der Waals surface area contributed by atoms with E-state index in [9.17, 15) is 0 Å². The van der Waals surface area contributed by atoms with Crippen LogP contribution in [0.5, 0.6) is 0 Å². The Morgan fingerprint density at radius 3 is 2.75 bits per heavy atom. The second-order valence-corrected chi connectivity index (χ2v) is 5.27. The minimum absolute atomic E-state index is 0.778. The van der Waals surface area contributed by atoms with E-state index in [1.165, 1.54) is 16.0 Å². The van der Waals surface area contributed by atoms with Gasteiger partial charge in [-0.15, -0.1) is 11.3 Å². The number of rotatable bonds is 3. The molecule has 0 amide bonds. The fraction of sp³-hybridized carbons (Fsp3) is 0.231. The van der Waals surface area contributed by atoms with Gasteiger partial charge in [-0.1, -0.05) is 17.7 Å². The first-order chi connectivity index (χ1) is 7.66. The summed E-state index contributed by atoms with van der Waals surface area (Å²) in [5, 5.41) is 6.27. The molecule has 3 heteroatoms. The average Bonchev–Trinajstić information content (AvgIpc) is 2.66. The lowest BCUT2D eigenvalue weighted by molar-refractivity contribution is 1.16. The smallest absolute Gasteiger partial charge is 0.0637 e. The van der Waals surface area contributed by atoms with Crippen molar-refractivity contribution in [1.29, 1.82) is 0 Å². The Morgan fingerprint density at radius 1 is 1.25 bits per heavy atom. The number of hydrogen-bond acceptors (Lipinski definition) is 2. The molecule has 0 radical (unpaired) electrons. The van der Waals surface area contributed by atoms with E-state index < -0.39 is 0 Å². The van der Waals surface area contributed by atoms with Crippen molar-refractivity contribution in [2.45, 2.75) is 20.4 Å². The van der Waals surface area contributed by atoms with Gasteiger partial charge in [0.25, 0.3) is 0 Å². The predicted molar refractivity (Wildman–Crippen MR) is 72.6 cm³/mol. The van der Waals surface area contributed by atoms with E-state index in [1.807, 2.05) is 12.1 Å². The number of hydrogen-bond donors (Lipinski definition) is 1. The molecule has 0 saturated carbocycles. The Morgan fingerprint density at radius 2 is 2.06 bits per heavy atom. The standard InChI is InChI=1S/C13H14ClNS/c1-9-3-4-11(14)12(7-9)15-8-13-10(2)5-6-16-13/h3-7,15H,8H2,1-2H3. The Labute approximate surface area is 105 Å². The fourth-order valence-corrected chi connectivity index (χ4v) is 2.57. The topological polar surface area (TPSA) is 12.0 Å². The van der Waals surface area contributed by atoms with E-state index >= 15 is 0 Å². The fourth-order valence-electron chi connectivity index (χ4n) is 1.54. The van der Waals surface area contributed by atoms with E-state index in [1.54, 1.807) is 11.3 Å². The highest BCUT2D eigenvalue weighted by atomic mass is 35.5. The number of halogens is 1. The molecule has 1 aromatic carbocycles. The van der Waals surface area contributed by atoms with Gasteiger partial charge < -0.3 is 5.32 Å². The molecule has 0 aliphatic rings. The molecule has 0 atom stereocenters. The van der Waals surface area contributed by atoms with Gasteiger partial charge in [0.1, 0.15) is 0 Å². The van der Waals surface area contributed by atoms with Gasteiger partial charge in [0.2, 0.25) is 0 Å². The molecular weight excluding hydrogens is 238 g/mol. The second kappa shape index (κ2) is 4.89. The van der Waals surface area contributed by atoms with E-state index in [0.29, 0.717) is 0 Å². The monoisotopic (exact) mass is 251 g/mol. The number of thiophene rings is 1. The van der Waals surface area contributed by atoms with Crippen LogP contribution in [0, 0.1) is 13.8 Å². The van der Waals surface area contributed by atoms with E-state index in [0.717, 1.165) is 17.3 Å². The largest absolute Gasteiger partial charge is 0.379 e. The first kappa shape index (κ1) is 11.5. The van der Waals surface area contributed by atoms with Crippen molar-refractivity contribution < 1.29 is 0 Å². The summed E-state index contributed by atoms with van der Waals surface area (Å²) in [6.45, 7) is 5.04. The third-order valence-electron chi connectivity index (χ3n) is 2.53. The molecular formula is C13H14ClNS. The Hall–Kier alpha value is -0.990. The maximum absolute atomic E-state index is 6.12. The van der Waals surface area contributed by atoms with Crippen LogP contribution < -0.4 is 5.32 Å². The predicted octanol–water partition coefficient (Wildman–Crippen LogP) is 4.63. The highest BCUT2D eigenvalue weighted by Gasteiger charge is 2.02. The Balaban J connectivity index is 2.10. The van der Waals surface area contributed by atoms with Crippen LogP contribution in [0.4, 0.5) is 5.69 Å². The zero-order valence-electron chi connectivity index (χ0n) is 9.38. The maximum atomic E-state index is 6.12. The molecule has 0 fully saturated rings. The normalized spacial score (nSPS) is 10.4. The van der Waals surface area contributed by atoms with Crippen molar-refractivity contribution in [2.75, 3.05) is 5.32 Å². The van der Waals surface area contributed by atoms with E-state index in [2.05, 4.69) is 36.7 Å². The van der Waals surface area contributed by atoms with Crippen LogP contribution in [0.15, 0.2) is 29.6 Å². The number of benzene rings is 1. The zero-order chi connectivity index (χ0) is 11.5. The molecule has 2 rings (SSSR count). The van der Waals surface area contributed by atoms with Crippen LogP contribution in [0.1, 0.15) is 16.0 Å². The summed E-state index contributed by atoms with van der Waals surface area (Å²) < 4.78 is 0. The van der Waals surface area contributed by atoms with Gasteiger partial charge in [-0.2, -0.15) is 0 Å². The van der Waals surface area contributed by atoms with Gasteiger partial charge in [-0.05, 0) is 48.6 Å². The SMILES string of the molecule is Cc1ccc(Cl)c(NCc2sccc2C)c1. The molecule has 0 spiro atoms. The van der Waals surface area contributed by atoms with Crippen molar-refractivity contribution in [1.82, 2.24) is 0 Å². The third kappa shape index (κ3) is 2.57. The zero-order valence-corrected chi connectivity index (χ0v) is 11.0. The quantitative estimate of drug-likeness (QED) is 0.839. The Kier molecular flexibility index (Phi) is 3.52. The van der Waals surface area contributed by atoms with Crippen molar-refractivity contribution >= 4 is 28.6 Å². The van der Waals surface area contributed by atoms with Crippen LogP contribution >= 0.6 is 22.9 Å². The molecule has 1 nitrogen and oxygen atoms in total. The number of anilines is 1. The van der Waals surface area contributed by atoms with Gasteiger partial charge in [-0.3, -0.25) is 0 Å².